The van der Waals surface area contributed by atoms with Crippen molar-refractivity contribution >= 4 is 5.97 Å². The van der Waals surface area contributed by atoms with Gasteiger partial charge in [-0.1, -0.05) is 20.8 Å². The Labute approximate surface area is 159 Å². The topological polar surface area (TPSA) is 55.8 Å². The van der Waals surface area contributed by atoms with Crippen molar-refractivity contribution in [2.24, 2.45) is 34.0 Å². The average molecular weight is 367 g/mol. The maximum atomic E-state index is 12.5. The lowest BCUT2D eigenvalue weighted by molar-refractivity contribution is -0.239. The molecule has 0 aliphatic heterocycles. The van der Waals surface area contributed by atoms with E-state index in [1.54, 1.807) is 0 Å². The van der Waals surface area contributed by atoms with E-state index in [4.69, 9.17) is 9.47 Å². The molecule has 4 nitrogen and oxygen atoms in total. The maximum absolute atomic E-state index is 12.5. The fraction of sp³-hybridized carbons (Fsp3) is 0.955. The minimum atomic E-state index is -1.07. The van der Waals surface area contributed by atoms with Gasteiger partial charge in [-0.3, -0.25) is 4.79 Å². The first-order chi connectivity index (χ1) is 11.8. The first kappa shape index (κ1) is 20.1. The van der Waals surface area contributed by atoms with Crippen LogP contribution in [0.15, 0.2) is 0 Å². The first-order valence-electron chi connectivity index (χ1n) is 10.3. The normalized spacial score (nSPS) is 35.0. The summed E-state index contributed by atoms with van der Waals surface area (Å²) in [5.41, 5.74) is -1.04. The van der Waals surface area contributed by atoms with Gasteiger partial charge >= 0.3 is 5.97 Å². The zero-order chi connectivity index (χ0) is 19.5. The lowest BCUT2D eigenvalue weighted by Crippen LogP contribution is -2.49. The zero-order valence-electron chi connectivity index (χ0n) is 17.7. The van der Waals surface area contributed by atoms with E-state index in [2.05, 4.69) is 13.8 Å². The van der Waals surface area contributed by atoms with Crippen molar-refractivity contribution in [3.8, 4) is 0 Å². The molecule has 0 amide bonds. The molecule has 4 bridgehead atoms. The largest absolute Gasteiger partial charge is 0.460 e. The highest BCUT2D eigenvalue weighted by atomic mass is 16.6. The zero-order valence-corrected chi connectivity index (χ0v) is 17.7. The molecule has 150 valence electrons. The van der Waals surface area contributed by atoms with Crippen molar-refractivity contribution in [1.29, 1.82) is 0 Å². The smallest absolute Gasteiger partial charge is 0.312 e. The number of aliphatic hydroxyl groups is 1. The van der Waals surface area contributed by atoms with Crippen LogP contribution in [0.3, 0.4) is 0 Å². The van der Waals surface area contributed by atoms with Gasteiger partial charge in [0.2, 0.25) is 0 Å². The van der Waals surface area contributed by atoms with E-state index >= 15 is 0 Å². The summed E-state index contributed by atoms with van der Waals surface area (Å²) >= 11 is 0. The fourth-order valence-corrected chi connectivity index (χ4v) is 5.90. The van der Waals surface area contributed by atoms with E-state index in [1.807, 2.05) is 34.6 Å². The Morgan fingerprint density at radius 2 is 1.58 bits per heavy atom. The average Bonchev–Trinajstić information content (AvgIpc) is 2.89. The highest BCUT2D eigenvalue weighted by Gasteiger charge is 2.64. The number of rotatable bonds is 6. The molecule has 4 rings (SSSR count). The van der Waals surface area contributed by atoms with Gasteiger partial charge in [0, 0.05) is 5.41 Å². The standard InChI is InChI=1S/C22H38O4/c1-19(2,3)20(4,5)18(24)25-13-17(23)26-21(6,7)22-11-14-8-15(12-22)10-16(22)9-14/h14-17,23H,8-13H2,1-7H3. The van der Waals surface area contributed by atoms with Crippen LogP contribution in [0.4, 0.5) is 0 Å². The molecular formula is C22H38O4. The second-order valence-corrected chi connectivity index (χ2v) is 11.3. The van der Waals surface area contributed by atoms with E-state index in [9.17, 15) is 9.90 Å². The van der Waals surface area contributed by atoms with Crippen molar-refractivity contribution in [2.45, 2.75) is 92.5 Å². The van der Waals surface area contributed by atoms with Crippen LogP contribution in [0.25, 0.3) is 0 Å². The molecule has 4 saturated carbocycles. The summed E-state index contributed by atoms with van der Waals surface area (Å²) in [5.74, 6) is 2.14. The molecule has 26 heavy (non-hydrogen) atoms. The van der Waals surface area contributed by atoms with E-state index in [-0.39, 0.29) is 23.4 Å². The van der Waals surface area contributed by atoms with Gasteiger partial charge in [0.25, 0.3) is 0 Å². The molecule has 0 aromatic heterocycles. The number of carbonyl (C=O) groups is 1. The predicted octanol–water partition coefficient (Wildman–Crippen LogP) is 4.54. The van der Waals surface area contributed by atoms with E-state index < -0.39 is 17.3 Å². The van der Waals surface area contributed by atoms with Crippen molar-refractivity contribution in [3.63, 3.8) is 0 Å². The molecular weight excluding hydrogens is 328 g/mol. The van der Waals surface area contributed by atoms with Gasteiger partial charge in [-0.2, -0.15) is 0 Å². The maximum Gasteiger partial charge on any atom is 0.312 e. The molecule has 3 unspecified atom stereocenters. The van der Waals surface area contributed by atoms with Gasteiger partial charge in [0.1, 0.15) is 6.61 Å². The van der Waals surface area contributed by atoms with Crippen molar-refractivity contribution in [2.75, 3.05) is 6.61 Å². The lowest BCUT2D eigenvalue weighted by Gasteiger charge is -2.47. The van der Waals surface area contributed by atoms with Gasteiger partial charge in [-0.25, -0.2) is 0 Å². The number of ether oxygens (including phenoxy) is 2. The Morgan fingerprint density at radius 3 is 2.08 bits per heavy atom. The van der Waals surface area contributed by atoms with E-state index in [0.717, 1.165) is 17.8 Å². The minimum Gasteiger partial charge on any atom is -0.460 e. The van der Waals surface area contributed by atoms with E-state index in [1.165, 1.54) is 32.1 Å². The number of hydrogen-bond acceptors (Lipinski definition) is 4. The SMILES string of the molecule is CC(C)(C)C(C)(C)C(=O)OCC(O)OC(C)(C)C12CC3CC(CC1C3)C2. The Morgan fingerprint density at radius 1 is 1.04 bits per heavy atom. The van der Waals surface area contributed by atoms with Crippen LogP contribution >= 0.6 is 0 Å². The van der Waals surface area contributed by atoms with Crippen molar-refractivity contribution < 1.29 is 19.4 Å². The van der Waals surface area contributed by atoms with Crippen LogP contribution in [0.1, 0.15) is 80.6 Å². The van der Waals surface area contributed by atoms with Gasteiger partial charge in [0.15, 0.2) is 6.29 Å². The molecule has 1 N–H and O–H groups in total. The molecule has 4 heteroatoms. The number of carbonyl (C=O) groups excluding carboxylic acids is 1. The molecule has 0 saturated heterocycles. The molecule has 4 fully saturated rings. The molecule has 0 spiro atoms. The van der Waals surface area contributed by atoms with Crippen molar-refractivity contribution in [3.05, 3.63) is 0 Å². The molecule has 3 atom stereocenters. The highest BCUT2D eigenvalue weighted by molar-refractivity contribution is 5.76. The second-order valence-electron chi connectivity index (χ2n) is 11.3. The van der Waals surface area contributed by atoms with Crippen LogP contribution in [0.5, 0.6) is 0 Å². The van der Waals surface area contributed by atoms with Crippen molar-refractivity contribution in [1.82, 2.24) is 0 Å². The van der Waals surface area contributed by atoms with Gasteiger partial charge in [0.05, 0.1) is 11.0 Å². The summed E-state index contributed by atoms with van der Waals surface area (Å²) in [4.78, 5) is 12.5. The Balaban J connectivity index is 1.58. The third-order valence-corrected chi connectivity index (χ3v) is 8.36. The number of aliphatic hydroxyl groups excluding tert-OH is 1. The molecule has 0 aromatic rings. The van der Waals surface area contributed by atoms with Crippen LogP contribution < -0.4 is 0 Å². The Hall–Kier alpha value is -0.610. The van der Waals surface area contributed by atoms with Crippen LogP contribution in [0.2, 0.25) is 0 Å². The van der Waals surface area contributed by atoms with Crippen LogP contribution in [-0.4, -0.2) is 29.6 Å². The van der Waals surface area contributed by atoms with Crippen LogP contribution in [-0.2, 0) is 14.3 Å². The van der Waals surface area contributed by atoms with Gasteiger partial charge in [-0.15, -0.1) is 0 Å². The Bertz CT molecular complexity index is 543. The third kappa shape index (κ3) is 3.11. The number of esters is 1. The first-order valence-corrected chi connectivity index (χ1v) is 10.3. The molecule has 4 aliphatic rings. The summed E-state index contributed by atoms with van der Waals surface area (Å²) in [7, 11) is 0. The fourth-order valence-electron chi connectivity index (χ4n) is 5.90. The molecule has 0 radical (unpaired) electrons. The lowest BCUT2D eigenvalue weighted by atomic mass is 9.66. The molecule has 4 aliphatic carbocycles. The van der Waals surface area contributed by atoms with Gasteiger partial charge < -0.3 is 14.6 Å². The highest BCUT2D eigenvalue weighted by Crippen LogP contribution is 2.69. The number of hydrogen-bond donors (Lipinski definition) is 1. The Kier molecular flexibility index (Phi) is 4.80. The predicted molar refractivity (Wildman–Crippen MR) is 101 cm³/mol. The summed E-state index contributed by atoms with van der Waals surface area (Å²) in [6.07, 6.45) is 5.42. The summed E-state index contributed by atoms with van der Waals surface area (Å²) in [6.45, 7) is 14.0. The molecule has 0 aromatic carbocycles. The molecule has 0 heterocycles. The summed E-state index contributed by atoms with van der Waals surface area (Å²) in [6, 6.07) is 0. The monoisotopic (exact) mass is 366 g/mol. The minimum absolute atomic E-state index is 0.102. The summed E-state index contributed by atoms with van der Waals surface area (Å²) < 4.78 is 11.6. The summed E-state index contributed by atoms with van der Waals surface area (Å²) in [5, 5.41) is 10.5. The third-order valence-electron chi connectivity index (χ3n) is 8.36. The van der Waals surface area contributed by atoms with E-state index in [0.29, 0.717) is 0 Å². The van der Waals surface area contributed by atoms with Gasteiger partial charge in [-0.05, 0) is 83.0 Å². The van der Waals surface area contributed by atoms with Crippen LogP contribution in [0, 0.1) is 34.0 Å². The quantitative estimate of drug-likeness (QED) is 0.554. The second kappa shape index (κ2) is 6.20.